The second kappa shape index (κ2) is 6.82. The van der Waals surface area contributed by atoms with E-state index in [0.717, 1.165) is 16.9 Å². The van der Waals surface area contributed by atoms with Crippen molar-refractivity contribution in [1.82, 2.24) is 0 Å². The molecule has 0 fully saturated rings. The molecule has 4 heteroatoms. The predicted molar refractivity (Wildman–Crippen MR) is 78.2 cm³/mol. The smallest absolute Gasteiger partial charge is 0.161 e. The van der Waals surface area contributed by atoms with Gasteiger partial charge < -0.3 is 19.9 Å². The Labute approximate surface area is 119 Å². The normalized spacial score (nSPS) is 10.2. The lowest BCUT2D eigenvalue weighted by Gasteiger charge is -2.13. The van der Waals surface area contributed by atoms with Gasteiger partial charge in [-0.2, -0.15) is 0 Å². The van der Waals surface area contributed by atoms with Crippen LogP contribution in [0.1, 0.15) is 11.1 Å². The van der Waals surface area contributed by atoms with E-state index in [1.807, 2.05) is 42.5 Å². The van der Waals surface area contributed by atoms with Crippen molar-refractivity contribution in [1.29, 1.82) is 0 Å². The fraction of sp³-hybridized carbons (Fsp3) is 0.250. The first-order valence-corrected chi connectivity index (χ1v) is 6.40. The van der Waals surface area contributed by atoms with Crippen molar-refractivity contribution in [3.05, 3.63) is 53.6 Å². The summed E-state index contributed by atoms with van der Waals surface area (Å²) in [5.74, 6) is 2.18. The minimum Gasteiger partial charge on any atom is -0.496 e. The number of nitrogens with two attached hydrogens (primary N) is 1. The highest BCUT2D eigenvalue weighted by Crippen LogP contribution is 2.29. The number of para-hydroxylation sites is 1. The second-order valence-electron chi connectivity index (χ2n) is 4.29. The Hall–Kier alpha value is -2.20. The lowest BCUT2D eigenvalue weighted by molar-refractivity contribution is 0.278. The fourth-order valence-corrected chi connectivity index (χ4v) is 1.94. The molecule has 0 aliphatic carbocycles. The van der Waals surface area contributed by atoms with Gasteiger partial charge in [0.1, 0.15) is 12.4 Å². The zero-order chi connectivity index (χ0) is 14.4. The minimum absolute atomic E-state index is 0.419. The third-order valence-electron chi connectivity index (χ3n) is 3.04. The van der Waals surface area contributed by atoms with E-state index in [1.54, 1.807) is 14.2 Å². The Morgan fingerprint density at radius 1 is 0.900 bits per heavy atom. The summed E-state index contributed by atoms with van der Waals surface area (Å²) in [6, 6.07) is 13.5. The molecule has 0 bridgehead atoms. The van der Waals surface area contributed by atoms with Gasteiger partial charge >= 0.3 is 0 Å². The van der Waals surface area contributed by atoms with Gasteiger partial charge in [-0.3, -0.25) is 0 Å². The van der Waals surface area contributed by atoms with Gasteiger partial charge in [-0.25, -0.2) is 0 Å². The van der Waals surface area contributed by atoms with Gasteiger partial charge in [-0.05, 0) is 23.8 Å². The molecule has 2 aromatic rings. The summed E-state index contributed by atoms with van der Waals surface area (Å²) in [5, 5.41) is 0. The Kier molecular flexibility index (Phi) is 4.85. The summed E-state index contributed by atoms with van der Waals surface area (Å²) >= 11 is 0. The van der Waals surface area contributed by atoms with Gasteiger partial charge in [0, 0.05) is 12.1 Å². The number of rotatable bonds is 6. The third-order valence-corrected chi connectivity index (χ3v) is 3.04. The van der Waals surface area contributed by atoms with Crippen LogP contribution in [-0.2, 0) is 13.2 Å². The lowest BCUT2D eigenvalue weighted by atomic mass is 10.2. The summed E-state index contributed by atoms with van der Waals surface area (Å²) in [5.41, 5.74) is 7.61. The van der Waals surface area contributed by atoms with Gasteiger partial charge in [0.15, 0.2) is 11.5 Å². The Balaban J connectivity index is 2.14. The molecule has 4 nitrogen and oxygen atoms in total. The van der Waals surface area contributed by atoms with E-state index in [2.05, 4.69) is 0 Å². The number of benzene rings is 2. The Morgan fingerprint density at radius 2 is 1.65 bits per heavy atom. The topological polar surface area (TPSA) is 53.7 Å². The maximum atomic E-state index is 5.81. The van der Waals surface area contributed by atoms with E-state index in [-0.39, 0.29) is 0 Å². The summed E-state index contributed by atoms with van der Waals surface area (Å²) in [4.78, 5) is 0. The highest BCUT2D eigenvalue weighted by atomic mass is 16.5. The first kappa shape index (κ1) is 14.2. The highest BCUT2D eigenvalue weighted by Gasteiger charge is 2.07. The SMILES string of the molecule is COc1ccccc1COc1ccc(CN)cc1OC. The molecule has 0 spiro atoms. The third kappa shape index (κ3) is 3.22. The van der Waals surface area contributed by atoms with Crippen LogP contribution < -0.4 is 19.9 Å². The molecule has 2 aromatic carbocycles. The van der Waals surface area contributed by atoms with Gasteiger partial charge in [0.25, 0.3) is 0 Å². The molecule has 0 saturated carbocycles. The molecule has 0 heterocycles. The van der Waals surface area contributed by atoms with Crippen LogP contribution >= 0.6 is 0 Å². The predicted octanol–water partition coefficient (Wildman–Crippen LogP) is 2.74. The molecule has 2 rings (SSSR count). The average Bonchev–Trinajstić information content (AvgIpc) is 2.52. The maximum absolute atomic E-state index is 5.81. The zero-order valence-electron chi connectivity index (χ0n) is 11.8. The molecule has 0 saturated heterocycles. The van der Waals surface area contributed by atoms with E-state index in [1.165, 1.54) is 0 Å². The van der Waals surface area contributed by atoms with Crippen molar-refractivity contribution in [2.24, 2.45) is 5.73 Å². The first-order valence-electron chi connectivity index (χ1n) is 6.40. The molecule has 0 unspecified atom stereocenters. The molecule has 0 aromatic heterocycles. The highest BCUT2D eigenvalue weighted by molar-refractivity contribution is 5.43. The molecule has 106 valence electrons. The minimum atomic E-state index is 0.419. The Morgan fingerprint density at radius 3 is 2.35 bits per heavy atom. The van der Waals surface area contributed by atoms with Crippen LogP contribution in [0.25, 0.3) is 0 Å². The van der Waals surface area contributed by atoms with Crippen LogP contribution in [0.15, 0.2) is 42.5 Å². The van der Waals surface area contributed by atoms with Gasteiger partial charge in [0.05, 0.1) is 14.2 Å². The van der Waals surface area contributed by atoms with Crippen LogP contribution in [0.4, 0.5) is 0 Å². The molecule has 0 radical (unpaired) electrons. The lowest BCUT2D eigenvalue weighted by Crippen LogP contribution is -2.01. The molecule has 0 aliphatic heterocycles. The standard InChI is InChI=1S/C16H19NO3/c1-18-14-6-4-3-5-13(14)11-20-15-8-7-12(10-17)9-16(15)19-2/h3-9H,10-11,17H2,1-2H3. The van der Waals surface area contributed by atoms with Crippen molar-refractivity contribution < 1.29 is 14.2 Å². The van der Waals surface area contributed by atoms with Gasteiger partial charge in [-0.1, -0.05) is 24.3 Å². The van der Waals surface area contributed by atoms with Crippen LogP contribution in [0.3, 0.4) is 0 Å². The zero-order valence-corrected chi connectivity index (χ0v) is 11.8. The summed E-state index contributed by atoms with van der Waals surface area (Å²) in [7, 11) is 3.26. The molecule has 0 amide bonds. The van der Waals surface area contributed by atoms with E-state index < -0.39 is 0 Å². The average molecular weight is 273 g/mol. The molecular formula is C16H19NO3. The van der Waals surface area contributed by atoms with Crippen molar-refractivity contribution >= 4 is 0 Å². The van der Waals surface area contributed by atoms with E-state index >= 15 is 0 Å². The van der Waals surface area contributed by atoms with Crippen LogP contribution in [0, 0.1) is 0 Å². The van der Waals surface area contributed by atoms with Crippen molar-refractivity contribution in [3.63, 3.8) is 0 Å². The maximum Gasteiger partial charge on any atom is 0.161 e. The van der Waals surface area contributed by atoms with E-state index in [4.69, 9.17) is 19.9 Å². The monoisotopic (exact) mass is 273 g/mol. The molecule has 2 N–H and O–H groups in total. The summed E-state index contributed by atoms with van der Waals surface area (Å²) < 4.78 is 16.4. The largest absolute Gasteiger partial charge is 0.496 e. The van der Waals surface area contributed by atoms with Crippen LogP contribution in [0.2, 0.25) is 0 Å². The molecule has 20 heavy (non-hydrogen) atoms. The van der Waals surface area contributed by atoms with Crippen molar-refractivity contribution in [2.75, 3.05) is 14.2 Å². The first-order chi connectivity index (χ1) is 9.78. The summed E-state index contributed by atoms with van der Waals surface area (Å²) in [6.45, 7) is 0.894. The quantitative estimate of drug-likeness (QED) is 0.879. The molecule has 0 aliphatic rings. The van der Waals surface area contributed by atoms with Crippen LogP contribution in [-0.4, -0.2) is 14.2 Å². The number of methoxy groups -OCH3 is 2. The number of hydrogen-bond donors (Lipinski definition) is 1. The van der Waals surface area contributed by atoms with Crippen molar-refractivity contribution in [2.45, 2.75) is 13.2 Å². The van der Waals surface area contributed by atoms with Gasteiger partial charge in [-0.15, -0.1) is 0 Å². The van der Waals surface area contributed by atoms with E-state index in [9.17, 15) is 0 Å². The number of hydrogen-bond acceptors (Lipinski definition) is 4. The summed E-state index contributed by atoms with van der Waals surface area (Å²) in [6.07, 6.45) is 0. The Bertz CT molecular complexity index is 569. The van der Waals surface area contributed by atoms with Crippen LogP contribution in [0.5, 0.6) is 17.2 Å². The second-order valence-corrected chi connectivity index (χ2v) is 4.29. The van der Waals surface area contributed by atoms with Crippen molar-refractivity contribution in [3.8, 4) is 17.2 Å². The molecular weight excluding hydrogens is 254 g/mol. The van der Waals surface area contributed by atoms with Gasteiger partial charge in [0.2, 0.25) is 0 Å². The fourth-order valence-electron chi connectivity index (χ4n) is 1.94. The van der Waals surface area contributed by atoms with E-state index in [0.29, 0.717) is 24.7 Å². The number of ether oxygens (including phenoxy) is 3. The molecule has 0 atom stereocenters.